The quantitative estimate of drug-likeness (QED) is 0.626. The number of H-pyrrole nitrogens is 1. The van der Waals surface area contributed by atoms with E-state index in [1.807, 2.05) is 0 Å². The Balaban J connectivity index is 1.92. The SMILES string of the molecule is O=C(NC1COC1)c1cn[nH]c1. The second-order valence-electron chi connectivity index (χ2n) is 2.69. The Morgan fingerprint density at radius 3 is 3.08 bits per heavy atom. The number of hydrogen-bond donors (Lipinski definition) is 2. The van der Waals surface area contributed by atoms with Gasteiger partial charge in [0, 0.05) is 6.20 Å². The van der Waals surface area contributed by atoms with Gasteiger partial charge in [-0.2, -0.15) is 5.10 Å². The average Bonchev–Trinajstić information content (AvgIpc) is 2.47. The summed E-state index contributed by atoms with van der Waals surface area (Å²) in [4.78, 5) is 11.3. The molecule has 5 nitrogen and oxygen atoms in total. The summed E-state index contributed by atoms with van der Waals surface area (Å²) in [5.41, 5.74) is 0.557. The number of amides is 1. The maximum absolute atomic E-state index is 11.3. The first-order valence-electron chi connectivity index (χ1n) is 3.73. The van der Waals surface area contributed by atoms with Gasteiger partial charge in [-0.15, -0.1) is 0 Å². The van der Waals surface area contributed by atoms with Crippen molar-refractivity contribution in [2.24, 2.45) is 0 Å². The van der Waals surface area contributed by atoms with E-state index in [4.69, 9.17) is 4.74 Å². The summed E-state index contributed by atoms with van der Waals surface area (Å²) in [6.45, 7) is 1.23. The summed E-state index contributed by atoms with van der Waals surface area (Å²) in [5.74, 6) is -0.1000. The lowest BCUT2D eigenvalue weighted by Gasteiger charge is -2.26. The van der Waals surface area contributed by atoms with Crippen LogP contribution in [0.5, 0.6) is 0 Å². The molecular formula is C7H9N3O2. The molecule has 0 spiro atoms. The van der Waals surface area contributed by atoms with Crippen LogP contribution in [0.15, 0.2) is 12.4 Å². The number of aromatic amines is 1. The lowest BCUT2D eigenvalue weighted by Crippen LogP contribution is -2.48. The summed E-state index contributed by atoms with van der Waals surface area (Å²) < 4.78 is 4.91. The summed E-state index contributed by atoms with van der Waals surface area (Å²) in [5, 5.41) is 9.05. The van der Waals surface area contributed by atoms with Crippen LogP contribution in [0.25, 0.3) is 0 Å². The second-order valence-corrected chi connectivity index (χ2v) is 2.69. The Hall–Kier alpha value is -1.36. The Kier molecular flexibility index (Phi) is 1.79. The van der Waals surface area contributed by atoms with Crippen molar-refractivity contribution in [3.05, 3.63) is 18.0 Å². The van der Waals surface area contributed by atoms with Crippen molar-refractivity contribution >= 4 is 5.91 Å². The number of rotatable bonds is 2. The molecule has 2 heterocycles. The smallest absolute Gasteiger partial charge is 0.254 e. The summed E-state index contributed by atoms with van der Waals surface area (Å²) >= 11 is 0. The first-order chi connectivity index (χ1) is 5.86. The topological polar surface area (TPSA) is 67.0 Å². The van der Waals surface area contributed by atoms with Gasteiger partial charge in [-0.1, -0.05) is 0 Å². The Bertz CT molecular complexity index is 266. The van der Waals surface area contributed by atoms with Gasteiger partial charge in [-0.05, 0) is 0 Å². The highest BCUT2D eigenvalue weighted by molar-refractivity contribution is 5.93. The predicted octanol–water partition coefficient (Wildman–Crippen LogP) is -0.462. The molecule has 12 heavy (non-hydrogen) atoms. The van der Waals surface area contributed by atoms with Crippen LogP contribution < -0.4 is 5.32 Å². The molecule has 1 saturated heterocycles. The maximum Gasteiger partial charge on any atom is 0.254 e. The van der Waals surface area contributed by atoms with Crippen molar-refractivity contribution < 1.29 is 9.53 Å². The molecule has 2 rings (SSSR count). The monoisotopic (exact) mass is 167 g/mol. The van der Waals surface area contributed by atoms with Gasteiger partial charge in [0.2, 0.25) is 0 Å². The lowest BCUT2D eigenvalue weighted by atomic mass is 10.2. The first kappa shape index (κ1) is 7.30. The molecule has 1 aromatic rings. The van der Waals surface area contributed by atoms with Crippen LogP contribution in [0.2, 0.25) is 0 Å². The van der Waals surface area contributed by atoms with Crippen molar-refractivity contribution in [1.29, 1.82) is 0 Å². The van der Waals surface area contributed by atoms with Crippen molar-refractivity contribution in [2.45, 2.75) is 6.04 Å². The zero-order valence-corrected chi connectivity index (χ0v) is 6.41. The Morgan fingerprint density at radius 1 is 1.75 bits per heavy atom. The molecule has 5 heteroatoms. The lowest BCUT2D eigenvalue weighted by molar-refractivity contribution is -0.00346. The second kappa shape index (κ2) is 2.94. The predicted molar refractivity (Wildman–Crippen MR) is 40.7 cm³/mol. The van der Waals surface area contributed by atoms with Crippen molar-refractivity contribution in [3.8, 4) is 0 Å². The van der Waals surface area contributed by atoms with Gasteiger partial charge in [-0.25, -0.2) is 0 Å². The molecule has 1 fully saturated rings. The normalized spacial score (nSPS) is 17.0. The van der Waals surface area contributed by atoms with E-state index in [9.17, 15) is 4.79 Å². The zero-order valence-electron chi connectivity index (χ0n) is 6.41. The highest BCUT2D eigenvalue weighted by atomic mass is 16.5. The van der Waals surface area contributed by atoms with E-state index < -0.39 is 0 Å². The first-order valence-corrected chi connectivity index (χ1v) is 3.73. The van der Waals surface area contributed by atoms with E-state index in [1.165, 1.54) is 6.20 Å². The molecule has 0 radical (unpaired) electrons. The maximum atomic E-state index is 11.3. The largest absolute Gasteiger partial charge is 0.377 e. The number of hydrogen-bond acceptors (Lipinski definition) is 3. The average molecular weight is 167 g/mol. The fourth-order valence-electron chi connectivity index (χ4n) is 0.963. The molecule has 0 bridgehead atoms. The van der Waals surface area contributed by atoms with E-state index in [1.54, 1.807) is 6.20 Å². The molecule has 0 atom stereocenters. The fraction of sp³-hybridized carbons (Fsp3) is 0.429. The highest BCUT2D eigenvalue weighted by Gasteiger charge is 2.20. The van der Waals surface area contributed by atoms with Gasteiger partial charge in [-0.3, -0.25) is 9.89 Å². The molecule has 1 aliphatic rings. The molecular weight excluding hydrogens is 158 g/mol. The summed E-state index contributed by atoms with van der Waals surface area (Å²) in [6, 6.07) is 0.174. The van der Waals surface area contributed by atoms with Gasteiger partial charge >= 0.3 is 0 Å². The number of carbonyl (C=O) groups excluding carboxylic acids is 1. The van der Waals surface area contributed by atoms with Crippen LogP contribution in [0.3, 0.4) is 0 Å². The standard InChI is InChI=1S/C7H9N3O2/c11-7(5-1-8-9-2-5)10-6-3-12-4-6/h1-2,6H,3-4H2,(H,8,9)(H,10,11). The van der Waals surface area contributed by atoms with Gasteiger partial charge in [0.05, 0.1) is 31.0 Å². The third kappa shape index (κ3) is 1.31. The van der Waals surface area contributed by atoms with Crippen LogP contribution >= 0.6 is 0 Å². The van der Waals surface area contributed by atoms with E-state index in [2.05, 4.69) is 15.5 Å². The molecule has 0 aliphatic carbocycles. The van der Waals surface area contributed by atoms with Gasteiger partial charge in [0.1, 0.15) is 0 Å². The molecule has 64 valence electrons. The molecule has 0 aromatic carbocycles. The third-order valence-electron chi connectivity index (χ3n) is 1.73. The molecule has 0 unspecified atom stereocenters. The van der Waals surface area contributed by atoms with Crippen molar-refractivity contribution in [3.63, 3.8) is 0 Å². The number of nitrogens with one attached hydrogen (secondary N) is 2. The van der Waals surface area contributed by atoms with E-state index in [0.29, 0.717) is 18.8 Å². The van der Waals surface area contributed by atoms with Crippen molar-refractivity contribution in [1.82, 2.24) is 15.5 Å². The summed E-state index contributed by atoms with van der Waals surface area (Å²) in [6.07, 6.45) is 3.06. The van der Waals surface area contributed by atoms with E-state index in [-0.39, 0.29) is 11.9 Å². The van der Waals surface area contributed by atoms with Crippen LogP contribution in [0.1, 0.15) is 10.4 Å². The molecule has 2 N–H and O–H groups in total. The van der Waals surface area contributed by atoms with Gasteiger partial charge in [0.25, 0.3) is 5.91 Å². The molecule has 0 saturated carbocycles. The van der Waals surface area contributed by atoms with Crippen LogP contribution in [0, 0.1) is 0 Å². The zero-order chi connectivity index (χ0) is 8.39. The Morgan fingerprint density at radius 2 is 2.58 bits per heavy atom. The molecule has 1 amide bonds. The highest BCUT2D eigenvalue weighted by Crippen LogP contribution is 2.01. The van der Waals surface area contributed by atoms with Crippen LogP contribution in [0.4, 0.5) is 0 Å². The van der Waals surface area contributed by atoms with Crippen molar-refractivity contribution in [2.75, 3.05) is 13.2 Å². The minimum atomic E-state index is -0.1000. The molecule has 1 aromatic heterocycles. The third-order valence-corrected chi connectivity index (χ3v) is 1.73. The number of aromatic nitrogens is 2. The van der Waals surface area contributed by atoms with E-state index >= 15 is 0 Å². The Labute approximate surface area is 69.1 Å². The van der Waals surface area contributed by atoms with Gasteiger partial charge in [0.15, 0.2) is 0 Å². The van der Waals surface area contributed by atoms with Gasteiger partial charge < -0.3 is 10.1 Å². The minimum Gasteiger partial charge on any atom is -0.377 e. The number of nitrogens with zero attached hydrogens (tertiary/aromatic N) is 1. The molecule has 1 aliphatic heterocycles. The van der Waals surface area contributed by atoms with E-state index in [0.717, 1.165) is 0 Å². The summed E-state index contributed by atoms with van der Waals surface area (Å²) in [7, 11) is 0. The fourth-order valence-corrected chi connectivity index (χ4v) is 0.963. The number of carbonyl (C=O) groups is 1. The van der Waals surface area contributed by atoms with Crippen LogP contribution in [-0.4, -0.2) is 35.4 Å². The number of ether oxygens (including phenoxy) is 1. The van der Waals surface area contributed by atoms with Crippen LogP contribution in [-0.2, 0) is 4.74 Å². The minimum absolute atomic E-state index is 0.1000.